The van der Waals surface area contributed by atoms with E-state index in [1.165, 1.54) is 11.1 Å². The van der Waals surface area contributed by atoms with Crippen molar-refractivity contribution in [2.45, 2.75) is 54.0 Å². The fourth-order valence-electron chi connectivity index (χ4n) is 1.84. The Bertz CT molecular complexity index is 419. The molecule has 0 aliphatic rings. The first-order valence-corrected chi connectivity index (χ1v) is 6.53. The van der Waals surface area contributed by atoms with E-state index in [0.29, 0.717) is 13.0 Å². The van der Waals surface area contributed by atoms with Crippen molar-refractivity contribution in [3.8, 4) is 0 Å². The Morgan fingerprint density at radius 3 is 2.56 bits per heavy atom. The van der Waals surface area contributed by atoms with Crippen molar-refractivity contribution < 1.29 is 4.79 Å². The van der Waals surface area contributed by atoms with Gasteiger partial charge in [0.1, 0.15) is 0 Å². The second-order valence-corrected chi connectivity index (χ2v) is 5.97. The number of nitrogens with one attached hydrogen (secondary N) is 1. The summed E-state index contributed by atoms with van der Waals surface area (Å²) in [6, 6.07) is 2.05. The lowest BCUT2D eigenvalue weighted by atomic mass is 9.92. The van der Waals surface area contributed by atoms with Gasteiger partial charge in [-0.3, -0.25) is 9.78 Å². The molecule has 0 unspecified atom stereocenters. The lowest BCUT2D eigenvalue weighted by Crippen LogP contribution is -2.27. The van der Waals surface area contributed by atoms with Gasteiger partial charge in [-0.2, -0.15) is 0 Å². The minimum absolute atomic E-state index is 0.0273. The second-order valence-electron chi connectivity index (χ2n) is 5.97. The maximum Gasteiger partial charge on any atom is 0.220 e. The van der Waals surface area contributed by atoms with E-state index in [2.05, 4.69) is 51.0 Å². The Morgan fingerprint density at radius 2 is 2.06 bits per heavy atom. The van der Waals surface area contributed by atoms with Gasteiger partial charge < -0.3 is 5.32 Å². The molecule has 3 nitrogen and oxygen atoms in total. The average Bonchev–Trinajstić information content (AvgIpc) is 2.24. The zero-order valence-electron chi connectivity index (χ0n) is 12.1. The summed E-state index contributed by atoms with van der Waals surface area (Å²) in [5.41, 5.74) is 3.46. The van der Waals surface area contributed by atoms with Crippen molar-refractivity contribution in [1.29, 1.82) is 0 Å². The maximum absolute atomic E-state index is 11.7. The molecule has 0 radical (unpaired) electrons. The molecule has 0 spiro atoms. The van der Waals surface area contributed by atoms with Crippen LogP contribution in [0.15, 0.2) is 12.3 Å². The summed E-state index contributed by atoms with van der Waals surface area (Å²) in [5, 5.41) is 2.92. The molecule has 0 saturated heterocycles. The zero-order valence-corrected chi connectivity index (χ0v) is 12.1. The number of aryl methyl sites for hydroxylation is 2. The SMILES string of the molecule is CCc1cnc(CNC(=O)CC(C)(C)C)cc1C. The van der Waals surface area contributed by atoms with Gasteiger partial charge in [0.25, 0.3) is 0 Å². The summed E-state index contributed by atoms with van der Waals surface area (Å²) < 4.78 is 0. The molecule has 1 heterocycles. The molecule has 0 atom stereocenters. The van der Waals surface area contributed by atoms with Crippen molar-refractivity contribution in [3.63, 3.8) is 0 Å². The smallest absolute Gasteiger partial charge is 0.220 e. The molecule has 0 fully saturated rings. The minimum atomic E-state index is 0.0273. The Balaban J connectivity index is 2.54. The molecule has 1 aromatic rings. The molecule has 1 amide bonds. The standard InChI is InChI=1S/C15H24N2O/c1-6-12-9-16-13(7-11(12)2)10-17-14(18)8-15(3,4)5/h7,9H,6,8,10H2,1-5H3,(H,17,18). The number of hydrogen-bond acceptors (Lipinski definition) is 2. The van der Waals surface area contributed by atoms with E-state index in [4.69, 9.17) is 0 Å². The first-order valence-electron chi connectivity index (χ1n) is 6.53. The fourth-order valence-corrected chi connectivity index (χ4v) is 1.84. The first kappa shape index (κ1) is 14.7. The van der Waals surface area contributed by atoms with Crippen molar-refractivity contribution in [1.82, 2.24) is 10.3 Å². The van der Waals surface area contributed by atoms with Gasteiger partial charge in [-0.15, -0.1) is 0 Å². The van der Waals surface area contributed by atoms with Gasteiger partial charge in [-0.1, -0.05) is 27.7 Å². The third-order valence-electron chi connectivity index (χ3n) is 2.81. The number of pyridine rings is 1. The van der Waals surface area contributed by atoms with Crippen molar-refractivity contribution in [3.05, 3.63) is 29.1 Å². The van der Waals surface area contributed by atoms with E-state index in [1.54, 1.807) is 0 Å². The second kappa shape index (κ2) is 5.98. The van der Waals surface area contributed by atoms with Crippen LogP contribution in [0.1, 0.15) is 50.9 Å². The van der Waals surface area contributed by atoms with Crippen LogP contribution in [0, 0.1) is 12.3 Å². The summed E-state index contributed by atoms with van der Waals surface area (Å²) in [6.07, 6.45) is 3.44. The van der Waals surface area contributed by atoms with E-state index in [1.807, 2.05) is 6.20 Å². The fraction of sp³-hybridized carbons (Fsp3) is 0.600. The molecule has 100 valence electrons. The summed E-state index contributed by atoms with van der Waals surface area (Å²) in [5.74, 6) is 0.0847. The Kier molecular flexibility index (Phi) is 4.88. The molecule has 3 heteroatoms. The largest absolute Gasteiger partial charge is 0.350 e. The van der Waals surface area contributed by atoms with Crippen LogP contribution in [-0.2, 0) is 17.8 Å². The molecular weight excluding hydrogens is 224 g/mol. The number of carbonyl (C=O) groups excluding carboxylic acids is 1. The summed E-state index contributed by atoms with van der Waals surface area (Å²) in [7, 11) is 0. The Morgan fingerprint density at radius 1 is 1.39 bits per heavy atom. The number of nitrogens with zero attached hydrogens (tertiary/aromatic N) is 1. The highest BCUT2D eigenvalue weighted by Crippen LogP contribution is 2.18. The first-order chi connectivity index (χ1) is 8.31. The molecule has 0 aliphatic heterocycles. The third-order valence-corrected chi connectivity index (χ3v) is 2.81. The lowest BCUT2D eigenvalue weighted by molar-refractivity contribution is -0.122. The van der Waals surface area contributed by atoms with Crippen LogP contribution in [0.25, 0.3) is 0 Å². The molecule has 1 aromatic heterocycles. The van der Waals surface area contributed by atoms with Crippen molar-refractivity contribution >= 4 is 5.91 Å². The van der Waals surface area contributed by atoms with Crippen LogP contribution in [-0.4, -0.2) is 10.9 Å². The van der Waals surface area contributed by atoms with E-state index >= 15 is 0 Å². The summed E-state index contributed by atoms with van der Waals surface area (Å²) in [4.78, 5) is 16.1. The Hall–Kier alpha value is -1.38. The molecule has 0 bridgehead atoms. The predicted octanol–water partition coefficient (Wildman–Crippen LogP) is 3.00. The maximum atomic E-state index is 11.7. The molecule has 0 aliphatic carbocycles. The van der Waals surface area contributed by atoms with Crippen LogP contribution in [0.4, 0.5) is 0 Å². The van der Waals surface area contributed by atoms with E-state index in [0.717, 1.165) is 12.1 Å². The van der Waals surface area contributed by atoms with Crippen molar-refractivity contribution in [2.24, 2.45) is 5.41 Å². The van der Waals surface area contributed by atoms with Gasteiger partial charge in [0, 0.05) is 12.6 Å². The average molecular weight is 248 g/mol. The van der Waals surface area contributed by atoms with Crippen LogP contribution in [0.2, 0.25) is 0 Å². The van der Waals surface area contributed by atoms with E-state index < -0.39 is 0 Å². The topological polar surface area (TPSA) is 42.0 Å². The normalized spacial score (nSPS) is 11.4. The number of carbonyl (C=O) groups is 1. The molecule has 0 saturated carbocycles. The molecular formula is C15H24N2O. The monoisotopic (exact) mass is 248 g/mol. The van der Waals surface area contributed by atoms with Crippen LogP contribution in [0.3, 0.4) is 0 Å². The third kappa shape index (κ3) is 4.86. The van der Waals surface area contributed by atoms with Gasteiger partial charge in [-0.05, 0) is 36.0 Å². The number of rotatable bonds is 4. The minimum Gasteiger partial charge on any atom is -0.350 e. The molecule has 18 heavy (non-hydrogen) atoms. The number of hydrogen-bond donors (Lipinski definition) is 1. The van der Waals surface area contributed by atoms with Gasteiger partial charge in [0.15, 0.2) is 0 Å². The lowest BCUT2D eigenvalue weighted by Gasteiger charge is -2.17. The van der Waals surface area contributed by atoms with Crippen LogP contribution >= 0.6 is 0 Å². The van der Waals surface area contributed by atoms with Gasteiger partial charge in [-0.25, -0.2) is 0 Å². The highest BCUT2D eigenvalue weighted by atomic mass is 16.1. The van der Waals surface area contributed by atoms with E-state index in [-0.39, 0.29) is 11.3 Å². The number of amides is 1. The van der Waals surface area contributed by atoms with Crippen LogP contribution in [0.5, 0.6) is 0 Å². The van der Waals surface area contributed by atoms with Gasteiger partial charge >= 0.3 is 0 Å². The molecule has 0 aromatic carbocycles. The highest BCUT2D eigenvalue weighted by molar-refractivity contribution is 5.76. The Labute approximate surface area is 110 Å². The van der Waals surface area contributed by atoms with Gasteiger partial charge in [0.2, 0.25) is 5.91 Å². The highest BCUT2D eigenvalue weighted by Gasteiger charge is 2.15. The van der Waals surface area contributed by atoms with Crippen molar-refractivity contribution in [2.75, 3.05) is 0 Å². The predicted molar refractivity (Wildman–Crippen MR) is 74.3 cm³/mol. The molecule has 1 N–H and O–H groups in total. The van der Waals surface area contributed by atoms with Gasteiger partial charge in [0.05, 0.1) is 12.2 Å². The number of aromatic nitrogens is 1. The zero-order chi connectivity index (χ0) is 13.8. The van der Waals surface area contributed by atoms with E-state index in [9.17, 15) is 4.79 Å². The van der Waals surface area contributed by atoms with Crippen LogP contribution < -0.4 is 5.32 Å². The summed E-state index contributed by atoms with van der Waals surface area (Å²) in [6.45, 7) is 10.9. The quantitative estimate of drug-likeness (QED) is 0.890. The summed E-state index contributed by atoms with van der Waals surface area (Å²) >= 11 is 0. The molecule has 1 rings (SSSR count).